The molecule has 1 amide bonds. The first kappa shape index (κ1) is 15.2. The molecule has 1 N–H and O–H groups in total. The Labute approximate surface area is 130 Å². The number of amides is 1. The number of carbonyl (C=O) groups is 1. The van der Waals surface area contributed by atoms with Crippen LogP contribution in [-0.4, -0.2) is 65.3 Å². The van der Waals surface area contributed by atoms with E-state index in [-0.39, 0.29) is 0 Å². The number of likely N-dealkylation sites (tertiary alicyclic amines) is 2. The van der Waals surface area contributed by atoms with Gasteiger partial charge in [0.15, 0.2) is 0 Å². The van der Waals surface area contributed by atoms with Crippen LogP contribution in [-0.2, 0) is 10.3 Å². The number of hydrogen-bond donors (Lipinski definition) is 1. The average molecular weight is 305 g/mol. The maximum atomic E-state index is 11.1. The summed E-state index contributed by atoms with van der Waals surface area (Å²) in [5.41, 5.74) is 0.661. The fraction of sp³-hybridized carbons (Fsp3) is 0.625. The molecule has 2 fully saturated rings. The third kappa shape index (κ3) is 3.23. The smallest absolute Gasteiger partial charge is 0.407 e. The summed E-state index contributed by atoms with van der Waals surface area (Å²) in [6.45, 7) is 4.97. The van der Waals surface area contributed by atoms with Gasteiger partial charge in [-0.3, -0.25) is 4.98 Å². The molecule has 3 heterocycles. The largest absolute Gasteiger partial charge is 0.465 e. The minimum atomic E-state index is -0.847. The zero-order valence-electron chi connectivity index (χ0n) is 12.8. The van der Waals surface area contributed by atoms with Crippen molar-refractivity contribution < 1.29 is 14.6 Å². The number of aromatic nitrogens is 1. The Bertz CT molecular complexity index is 497. The van der Waals surface area contributed by atoms with Gasteiger partial charge < -0.3 is 19.6 Å². The van der Waals surface area contributed by atoms with Crippen LogP contribution in [0.5, 0.6) is 0 Å². The van der Waals surface area contributed by atoms with Gasteiger partial charge in [-0.2, -0.15) is 0 Å². The van der Waals surface area contributed by atoms with Crippen molar-refractivity contribution in [2.24, 2.45) is 0 Å². The molecule has 3 rings (SSSR count). The minimum Gasteiger partial charge on any atom is -0.465 e. The summed E-state index contributed by atoms with van der Waals surface area (Å²) in [5.74, 6) is 0. The van der Waals surface area contributed by atoms with Crippen LogP contribution < -0.4 is 0 Å². The van der Waals surface area contributed by atoms with Crippen LogP contribution in [0.1, 0.15) is 24.8 Å². The Morgan fingerprint density at radius 2 is 2.09 bits per heavy atom. The normalized spacial score (nSPS) is 21.4. The Morgan fingerprint density at radius 1 is 1.32 bits per heavy atom. The highest BCUT2D eigenvalue weighted by molar-refractivity contribution is 5.65. The van der Waals surface area contributed by atoms with E-state index in [4.69, 9.17) is 9.84 Å². The van der Waals surface area contributed by atoms with Crippen molar-refractivity contribution in [3.8, 4) is 0 Å². The van der Waals surface area contributed by atoms with Gasteiger partial charge in [0.05, 0.1) is 12.2 Å². The van der Waals surface area contributed by atoms with Gasteiger partial charge in [0.25, 0.3) is 0 Å². The van der Waals surface area contributed by atoms with Crippen molar-refractivity contribution in [3.05, 3.63) is 30.1 Å². The summed E-state index contributed by atoms with van der Waals surface area (Å²) in [6, 6.07) is 3.95. The number of carboxylic acid groups (broad SMARTS) is 1. The molecular weight excluding hydrogens is 282 g/mol. The van der Waals surface area contributed by atoms with Gasteiger partial charge in [0, 0.05) is 37.6 Å². The fourth-order valence-electron chi connectivity index (χ4n) is 3.18. The summed E-state index contributed by atoms with van der Waals surface area (Å²) < 4.78 is 6.29. The first-order valence-corrected chi connectivity index (χ1v) is 7.94. The topological polar surface area (TPSA) is 65.9 Å². The molecule has 0 saturated carbocycles. The predicted molar refractivity (Wildman–Crippen MR) is 81.8 cm³/mol. The molecule has 1 aromatic rings. The van der Waals surface area contributed by atoms with Crippen LogP contribution in [0.25, 0.3) is 0 Å². The predicted octanol–water partition coefficient (Wildman–Crippen LogP) is 1.77. The Balaban J connectivity index is 1.67. The Kier molecular flexibility index (Phi) is 4.59. The summed E-state index contributed by atoms with van der Waals surface area (Å²) in [6.07, 6.45) is 5.40. The van der Waals surface area contributed by atoms with Gasteiger partial charge in [-0.1, -0.05) is 6.07 Å². The van der Waals surface area contributed by atoms with Crippen LogP contribution in [0.4, 0.5) is 4.79 Å². The molecule has 0 bridgehead atoms. The molecule has 2 aliphatic heterocycles. The van der Waals surface area contributed by atoms with E-state index in [1.165, 1.54) is 11.3 Å². The van der Waals surface area contributed by atoms with Gasteiger partial charge in [0.2, 0.25) is 0 Å². The standard InChI is InChI=1S/C16H23N3O3/c20-15(21)19-9-4-16(5-10-19,14-3-1-6-17-13-14)22-12-11-18-7-2-8-18/h1,3,6,13H,2,4-5,7-12H2,(H,20,21). The summed E-state index contributed by atoms with van der Waals surface area (Å²) in [7, 11) is 0. The van der Waals surface area contributed by atoms with E-state index >= 15 is 0 Å². The molecule has 0 radical (unpaired) electrons. The number of ether oxygens (including phenoxy) is 1. The molecule has 6 heteroatoms. The van der Waals surface area contributed by atoms with Crippen LogP contribution in [0.3, 0.4) is 0 Å². The highest BCUT2D eigenvalue weighted by Gasteiger charge is 2.38. The third-order valence-electron chi connectivity index (χ3n) is 4.76. The van der Waals surface area contributed by atoms with E-state index < -0.39 is 11.7 Å². The van der Waals surface area contributed by atoms with Gasteiger partial charge in [-0.15, -0.1) is 0 Å². The minimum absolute atomic E-state index is 0.398. The molecule has 1 aromatic heterocycles. The second-order valence-corrected chi connectivity index (χ2v) is 6.05. The number of rotatable bonds is 5. The molecule has 6 nitrogen and oxygen atoms in total. The van der Waals surface area contributed by atoms with Gasteiger partial charge in [-0.25, -0.2) is 4.79 Å². The number of piperidine rings is 1. The Morgan fingerprint density at radius 3 is 2.64 bits per heavy atom. The number of hydrogen-bond acceptors (Lipinski definition) is 4. The molecule has 2 aliphatic rings. The first-order chi connectivity index (χ1) is 10.7. The zero-order chi connectivity index (χ0) is 15.4. The summed E-state index contributed by atoms with van der Waals surface area (Å²) in [4.78, 5) is 19.2. The molecule has 0 spiro atoms. The van der Waals surface area contributed by atoms with Crippen molar-refractivity contribution in [2.45, 2.75) is 24.9 Å². The molecule has 0 aromatic carbocycles. The molecule has 120 valence electrons. The Hall–Kier alpha value is -1.66. The first-order valence-electron chi connectivity index (χ1n) is 7.94. The van der Waals surface area contributed by atoms with Gasteiger partial charge >= 0.3 is 6.09 Å². The van der Waals surface area contributed by atoms with Crippen molar-refractivity contribution in [2.75, 3.05) is 39.3 Å². The lowest BCUT2D eigenvalue weighted by Crippen LogP contribution is -2.47. The highest BCUT2D eigenvalue weighted by Crippen LogP contribution is 2.36. The lowest BCUT2D eigenvalue weighted by molar-refractivity contribution is -0.0937. The zero-order valence-corrected chi connectivity index (χ0v) is 12.8. The molecule has 2 saturated heterocycles. The lowest BCUT2D eigenvalue weighted by atomic mass is 9.85. The van der Waals surface area contributed by atoms with Crippen molar-refractivity contribution in [1.29, 1.82) is 0 Å². The quantitative estimate of drug-likeness (QED) is 0.898. The number of pyridine rings is 1. The maximum absolute atomic E-state index is 11.1. The third-order valence-corrected chi connectivity index (χ3v) is 4.76. The fourth-order valence-corrected chi connectivity index (χ4v) is 3.18. The SMILES string of the molecule is O=C(O)N1CCC(OCCN2CCC2)(c2cccnc2)CC1. The molecule has 22 heavy (non-hydrogen) atoms. The second-order valence-electron chi connectivity index (χ2n) is 6.05. The molecular formula is C16H23N3O3. The highest BCUT2D eigenvalue weighted by atomic mass is 16.5. The second kappa shape index (κ2) is 6.62. The summed E-state index contributed by atoms with van der Waals surface area (Å²) >= 11 is 0. The number of nitrogens with zero attached hydrogens (tertiary/aromatic N) is 3. The maximum Gasteiger partial charge on any atom is 0.407 e. The van der Waals surface area contributed by atoms with Crippen LogP contribution in [0.2, 0.25) is 0 Å². The van der Waals surface area contributed by atoms with E-state index in [9.17, 15) is 4.79 Å². The van der Waals surface area contributed by atoms with E-state index in [0.717, 1.165) is 25.2 Å². The molecule has 0 aliphatic carbocycles. The van der Waals surface area contributed by atoms with E-state index in [2.05, 4.69) is 9.88 Å². The monoisotopic (exact) mass is 305 g/mol. The van der Waals surface area contributed by atoms with Gasteiger partial charge in [0.1, 0.15) is 0 Å². The average Bonchev–Trinajstić information content (AvgIpc) is 2.51. The van der Waals surface area contributed by atoms with Gasteiger partial charge in [-0.05, 0) is 38.4 Å². The van der Waals surface area contributed by atoms with E-state index in [0.29, 0.717) is 32.5 Å². The summed E-state index contributed by atoms with van der Waals surface area (Å²) in [5, 5.41) is 9.13. The van der Waals surface area contributed by atoms with E-state index in [1.54, 1.807) is 6.20 Å². The van der Waals surface area contributed by atoms with Crippen LogP contribution in [0, 0.1) is 0 Å². The molecule has 0 unspecified atom stereocenters. The molecule has 0 atom stereocenters. The van der Waals surface area contributed by atoms with Crippen molar-refractivity contribution in [1.82, 2.24) is 14.8 Å². The van der Waals surface area contributed by atoms with E-state index in [1.807, 2.05) is 18.3 Å². The van der Waals surface area contributed by atoms with Crippen LogP contribution >= 0.6 is 0 Å². The van der Waals surface area contributed by atoms with Crippen molar-refractivity contribution >= 4 is 6.09 Å². The lowest BCUT2D eigenvalue weighted by Gasteiger charge is -2.41. The van der Waals surface area contributed by atoms with Crippen molar-refractivity contribution in [3.63, 3.8) is 0 Å². The van der Waals surface area contributed by atoms with Crippen LogP contribution in [0.15, 0.2) is 24.5 Å².